The molecular formula is C24H26N4O2. The highest BCUT2D eigenvalue weighted by atomic mass is 16.5. The summed E-state index contributed by atoms with van der Waals surface area (Å²) in [7, 11) is 1.62. The molecule has 154 valence electrons. The number of nitrogens with one attached hydrogen (secondary N) is 1. The molecule has 4 aromatic rings. The number of carbonyl (C=O) groups excluding carboxylic acids is 1. The Kier molecular flexibility index (Phi) is 5.40. The highest BCUT2D eigenvalue weighted by Gasteiger charge is 2.17. The molecule has 1 amide bonds. The van der Waals surface area contributed by atoms with Gasteiger partial charge in [-0.3, -0.25) is 4.79 Å². The number of carbonyl (C=O) groups is 1. The zero-order chi connectivity index (χ0) is 21.3. The molecule has 0 bridgehead atoms. The van der Waals surface area contributed by atoms with Crippen molar-refractivity contribution >= 4 is 33.7 Å². The summed E-state index contributed by atoms with van der Waals surface area (Å²) in [6.45, 7) is 7.07. The van der Waals surface area contributed by atoms with Gasteiger partial charge in [0.05, 0.1) is 24.4 Å². The van der Waals surface area contributed by atoms with E-state index in [9.17, 15) is 4.79 Å². The molecule has 0 aliphatic heterocycles. The average molecular weight is 402 g/mol. The first-order valence-electron chi connectivity index (χ1n) is 10.1. The fourth-order valence-corrected chi connectivity index (χ4v) is 3.60. The molecule has 0 spiro atoms. The largest absolute Gasteiger partial charge is 0.497 e. The Morgan fingerprint density at radius 3 is 2.63 bits per heavy atom. The van der Waals surface area contributed by atoms with Crippen molar-refractivity contribution in [1.29, 1.82) is 0 Å². The van der Waals surface area contributed by atoms with Gasteiger partial charge in [-0.2, -0.15) is 5.10 Å². The van der Waals surface area contributed by atoms with Crippen LogP contribution in [0.3, 0.4) is 0 Å². The molecule has 6 nitrogen and oxygen atoms in total. The van der Waals surface area contributed by atoms with E-state index in [0.29, 0.717) is 11.7 Å². The Balaban J connectivity index is 1.69. The van der Waals surface area contributed by atoms with Gasteiger partial charge in [-0.05, 0) is 42.2 Å². The standard InChI is InChI=1S/C24H26N4O2/c1-15(2)14-28-24-20(13-18-7-5-6-16(3)22(18)26-24)23(27-28)25-21(29)12-17-8-10-19(30-4)11-9-17/h5-11,13,15H,12,14H2,1-4H3,(H,25,27,29). The predicted molar refractivity (Wildman–Crippen MR) is 120 cm³/mol. The number of hydrogen-bond donors (Lipinski definition) is 1. The van der Waals surface area contributed by atoms with E-state index in [4.69, 9.17) is 14.8 Å². The Morgan fingerprint density at radius 2 is 1.93 bits per heavy atom. The smallest absolute Gasteiger partial charge is 0.230 e. The summed E-state index contributed by atoms with van der Waals surface area (Å²) < 4.78 is 7.07. The molecule has 2 aromatic heterocycles. The van der Waals surface area contributed by atoms with Crippen LogP contribution in [-0.4, -0.2) is 27.8 Å². The van der Waals surface area contributed by atoms with Crippen LogP contribution < -0.4 is 10.1 Å². The number of hydrogen-bond acceptors (Lipinski definition) is 4. The number of anilines is 1. The van der Waals surface area contributed by atoms with Crippen LogP contribution in [0.15, 0.2) is 48.5 Å². The third kappa shape index (κ3) is 3.99. The molecule has 0 fully saturated rings. The van der Waals surface area contributed by atoms with Gasteiger partial charge in [0, 0.05) is 11.9 Å². The maximum Gasteiger partial charge on any atom is 0.230 e. The molecule has 0 saturated carbocycles. The first-order chi connectivity index (χ1) is 14.4. The highest BCUT2D eigenvalue weighted by molar-refractivity contribution is 6.03. The molecule has 0 atom stereocenters. The van der Waals surface area contributed by atoms with Crippen molar-refractivity contribution in [1.82, 2.24) is 14.8 Å². The normalized spacial score (nSPS) is 11.4. The summed E-state index contributed by atoms with van der Waals surface area (Å²) in [6.07, 6.45) is 0.267. The minimum absolute atomic E-state index is 0.111. The molecule has 0 aliphatic rings. The van der Waals surface area contributed by atoms with Gasteiger partial charge < -0.3 is 10.1 Å². The molecule has 30 heavy (non-hydrogen) atoms. The number of para-hydroxylation sites is 1. The number of aromatic nitrogens is 3. The van der Waals surface area contributed by atoms with E-state index in [1.165, 1.54) is 0 Å². The summed E-state index contributed by atoms with van der Waals surface area (Å²) in [5.74, 6) is 1.62. The minimum atomic E-state index is -0.111. The quantitative estimate of drug-likeness (QED) is 0.506. The number of aryl methyl sites for hydroxylation is 1. The van der Waals surface area contributed by atoms with Crippen LogP contribution in [0, 0.1) is 12.8 Å². The molecule has 0 aliphatic carbocycles. The lowest BCUT2D eigenvalue weighted by Crippen LogP contribution is -2.15. The van der Waals surface area contributed by atoms with Crippen LogP contribution in [-0.2, 0) is 17.8 Å². The maximum absolute atomic E-state index is 12.7. The van der Waals surface area contributed by atoms with E-state index >= 15 is 0 Å². The van der Waals surface area contributed by atoms with E-state index in [1.54, 1.807) is 7.11 Å². The first-order valence-corrected chi connectivity index (χ1v) is 10.1. The van der Waals surface area contributed by atoms with Gasteiger partial charge in [-0.25, -0.2) is 9.67 Å². The van der Waals surface area contributed by atoms with Gasteiger partial charge in [0.25, 0.3) is 0 Å². The van der Waals surface area contributed by atoms with Crippen molar-refractivity contribution < 1.29 is 9.53 Å². The summed E-state index contributed by atoms with van der Waals surface area (Å²) >= 11 is 0. The minimum Gasteiger partial charge on any atom is -0.497 e. The monoisotopic (exact) mass is 402 g/mol. The summed E-state index contributed by atoms with van der Waals surface area (Å²) in [4.78, 5) is 17.6. The van der Waals surface area contributed by atoms with E-state index < -0.39 is 0 Å². The Hall–Kier alpha value is -3.41. The highest BCUT2D eigenvalue weighted by Crippen LogP contribution is 2.28. The van der Waals surface area contributed by atoms with Crippen molar-refractivity contribution in [2.45, 2.75) is 33.7 Å². The second-order valence-electron chi connectivity index (χ2n) is 8.00. The van der Waals surface area contributed by atoms with Crippen molar-refractivity contribution in [2.75, 3.05) is 12.4 Å². The zero-order valence-corrected chi connectivity index (χ0v) is 17.8. The van der Waals surface area contributed by atoms with Crippen molar-refractivity contribution in [3.8, 4) is 5.75 Å². The van der Waals surface area contributed by atoms with Crippen molar-refractivity contribution in [2.24, 2.45) is 5.92 Å². The average Bonchev–Trinajstić information content (AvgIpc) is 3.03. The van der Waals surface area contributed by atoms with Gasteiger partial charge >= 0.3 is 0 Å². The Labute approximate surface area is 175 Å². The molecule has 0 radical (unpaired) electrons. The van der Waals surface area contributed by atoms with Crippen LogP contribution in [0.25, 0.3) is 21.9 Å². The number of rotatable bonds is 6. The van der Waals surface area contributed by atoms with E-state index in [-0.39, 0.29) is 12.3 Å². The van der Waals surface area contributed by atoms with Gasteiger partial charge in [-0.1, -0.05) is 44.2 Å². The fourth-order valence-electron chi connectivity index (χ4n) is 3.60. The molecule has 6 heteroatoms. The number of ether oxygens (including phenoxy) is 1. The number of benzene rings is 2. The van der Waals surface area contributed by atoms with Crippen molar-refractivity contribution in [3.63, 3.8) is 0 Å². The number of methoxy groups -OCH3 is 1. The molecule has 2 heterocycles. The van der Waals surface area contributed by atoms with Crippen LogP contribution in [0.1, 0.15) is 25.0 Å². The Morgan fingerprint density at radius 1 is 1.17 bits per heavy atom. The van der Waals surface area contributed by atoms with Gasteiger partial charge in [0.1, 0.15) is 5.75 Å². The van der Waals surface area contributed by atoms with E-state index in [1.807, 2.05) is 41.1 Å². The SMILES string of the molecule is COc1ccc(CC(=O)Nc2nn(CC(C)C)c3nc4c(C)cccc4cc23)cc1. The summed E-state index contributed by atoms with van der Waals surface area (Å²) in [6, 6.07) is 15.7. The van der Waals surface area contributed by atoms with Gasteiger partial charge in [-0.15, -0.1) is 0 Å². The van der Waals surface area contributed by atoms with E-state index in [2.05, 4.69) is 38.2 Å². The molecule has 4 rings (SSSR count). The molecule has 0 saturated heterocycles. The van der Waals surface area contributed by atoms with Crippen LogP contribution in [0.4, 0.5) is 5.82 Å². The van der Waals surface area contributed by atoms with E-state index in [0.717, 1.165) is 45.4 Å². The van der Waals surface area contributed by atoms with Crippen molar-refractivity contribution in [3.05, 3.63) is 59.7 Å². The van der Waals surface area contributed by atoms with Gasteiger partial charge in [0.15, 0.2) is 11.5 Å². The lowest BCUT2D eigenvalue weighted by molar-refractivity contribution is -0.115. The molecule has 0 unspecified atom stereocenters. The lowest BCUT2D eigenvalue weighted by atomic mass is 10.1. The maximum atomic E-state index is 12.7. The van der Waals surface area contributed by atoms with Crippen LogP contribution in [0.2, 0.25) is 0 Å². The Bertz CT molecular complexity index is 1210. The summed E-state index contributed by atoms with van der Waals surface area (Å²) in [5.41, 5.74) is 3.80. The second kappa shape index (κ2) is 8.14. The van der Waals surface area contributed by atoms with Crippen LogP contribution in [0.5, 0.6) is 5.75 Å². The second-order valence-corrected chi connectivity index (χ2v) is 8.00. The predicted octanol–water partition coefficient (Wildman–Crippen LogP) is 4.74. The topological polar surface area (TPSA) is 69.0 Å². The first kappa shape index (κ1) is 19.9. The fraction of sp³-hybridized carbons (Fsp3) is 0.292. The number of pyridine rings is 1. The summed E-state index contributed by atoms with van der Waals surface area (Å²) in [5, 5.41) is 9.58. The molecule has 1 N–H and O–H groups in total. The third-order valence-corrected chi connectivity index (χ3v) is 5.07. The number of amides is 1. The zero-order valence-electron chi connectivity index (χ0n) is 17.8. The number of nitrogens with zero attached hydrogens (tertiary/aromatic N) is 3. The third-order valence-electron chi connectivity index (χ3n) is 5.07. The molecular weight excluding hydrogens is 376 g/mol. The molecule has 2 aromatic carbocycles. The van der Waals surface area contributed by atoms with Gasteiger partial charge in [0.2, 0.25) is 5.91 Å². The number of fused-ring (bicyclic) bond motifs is 2. The lowest BCUT2D eigenvalue weighted by Gasteiger charge is -2.06. The van der Waals surface area contributed by atoms with Crippen LogP contribution >= 0.6 is 0 Å².